The second-order valence-electron chi connectivity index (χ2n) is 5.25. The summed E-state index contributed by atoms with van der Waals surface area (Å²) >= 11 is 3.38. The average molecular weight is 307 g/mol. The van der Waals surface area contributed by atoms with Crippen molar-refractivity contribution in [2.45, 2.75) is 20.8 Å². The zero-order valence-electron chi connectivity index (χ0n) is 10.6. The maximum Gasteiger partial charge on any atom is 0.275 e. The van der Waals surface area contributed by atoms with E-state index in [1.54, 1.807) is 6.08 Å². The van der Waals surface area contributed by atoms with Gasteiger partial charge in [-0.1, -0.05) is 48.8 Å². The number of nitrogens with zero attached hydrogens (tertiary/aromatic N) is 1. The Labute approximate surface area is 115 Å². The van der Waals surface area contributed by atoms with Gasteiger partial charge in [0.1, 0.15) is 11.5 Å². The van der Waals surface area contributed by atoms with Gasteiger partial charge in [-0.2, -0.15) is 0 Å². The van der Waals surface area contributed by atoms with Gasteiger partial charge < -0.3 is 5.32 Å². The monoisotopic (exact) mass is 306 g/mol. The molecule has 0 fully saturated rings. The van der Waals surface area contributed by atoms with Gasteiger partial charge in [0.05, 0.1) is 0 Å². The van der Waals surface area contributed by atoms with Gasteiger partial charge in [-0.25, -0.2) is 4.99 Å². The number of amides is 1. The van der Waals surface area contributed by atoms with Crippen LogP contribution in [0, 0.1) is 5.41 Å². The van der Waals surface area contributed by atoms with E-state index >= 15 is 0 Å². The quantitative estimate of drug-likeness (QED) is 0.794. The van der Waals surface area contributed by atoms with Gasteiger partial charge in [0.15, 0.2) is 0 Å². The summed E-state index contributed by atoms with van der Waals surface area (Å²) in [4.78, 5) is 16.2. The molecule has 1 aromatic rings. The van der Waals surface area contributed by atoms with Crippen molar-refractivity contribution in [2.24, 2.45) is 10.4 Å². The van der Waals surface area contributed by atoms with Crippen LogP contribution in [-0.2, 0) is 4.79 Å². The lowest BCUT2D eigenvalue weighted by atomic mass is 9.95. The van der Waals surface area contributed by atoms with E-state index in [9.17, 15) is 4.79 Å². The Hall–Kier alpha value is -1.42. The molecule has 1 amide bonds. The van der Waals surface area contributed by atoms with Crippen LogP contribution >= 0.6 is 15.9 Å². The standard InChI is InChI=1S/C14H15BrN2O/c1-14(2,3)13-16-11(12(18)17-13)8-9-4-6-10(15)7-5-9/h4-8H,1-3H3,(H,16,17,18)/b11-8+. The summed E-state index contributed by atoms with van der Waals surface area (Å²) in [6.45, 7) is 6.07. The molecule has 0 radical (unpaired) electrons. The summed E-state index contributed by atoms with van der Waals surface area (Å²) in [5.41, 5.74) is 1.27. The van der Waals surface area contributed by atoms with Crippen molar-refractivity contribution in [3.05, 3.63) is 40.0 Å². The molecular formula is C14H15BrN2O. The lowest BCUT2D eigenvalue weighted by Crippen LogP contribution is -2.34. The molecule has 3 nitrogen and oxygen atoms in total. The second kappa shape index (κ2) is 4.69. The normalized spacial score (nSPS) is 17.9. The Kier molecular flexibility index (Phi) is 3.39. The lowest BCUT2D eigenvalue weighted by Gasteiger charge is -2.16. The molecule has 0 saturated carbocycles. The number of carbonyl (C=O) groups is 1. The van der Waals surface area contributed by atoms with Crippen molar-refractivity contribution >= 4 is 33.7 Å². The summed E-state index contributed by atoms with van der Waals surface area (Å²) in [7, 11) is 0. The number of aliphatic imine (C=N–C) groups is 1. The van der Waals surface area contributed by atoms with Crippen LogP contribution in [0.15, 0.2) is 39.4 Å². The highest BCUT2D eigenvalue weighted by Crippen LogP contribution is 2.22. The third kappa shape index (κ3) is 2.88. The van der Waals surface area contributed by atoms with Crippen LogP contribution in [0.1, 0.15) is 26.3 Å². The van der Waals surface area contributed by atoms with Crippen molar-refractivity contribution in [3.8, 4) is 0 Å². The number of amidine groups is 1. The molecular weight excluding hydrogens is 292 g/mol. The van der Waals surface area contributed by atoms with Gasteiger partial charge in [-0.15, -0.1) is 0 Å². The lowest BCUT2D eigenvalue weighted by molar-refractivity contribution is -0.115. The van der Waals surface area contributed by atoms with E-state index in [1.165, 1.54) is 0 Å². The number of nitrogens with one attached hydrogen (secondary N) is 1. The van der Waals surface area contributed by atoms with Gasteiger partial charge in [-0.05, 0) is 23.8 Å². The van der Waals surface area contributed by atoms with Gasteiger partial charge in [0.25, 0.3) is 5.91 Å². The van der Waals surface area contributed by atoms with Crippen molar-refractivity contribution in [3.63, 3.8) is 0 Å². The maximum absolute atomic E-state index is 11.8. The van der Waals surface area contributed by atoms with E-state index in [-0.39, 0.29) is 11.3 Å². The summed E-state index contributed by atoms with van der Waals surface area (Å²) in [6.07, 6.45) is 1.79. The highest BCUT2D eigenvalue weighted by molar-refractivity contribution is 9.10. The minimum absolute atomic E-state index is 0.136. The average Bonchev–Trinajstić information content (AvgIpc) is 2.63. The van der Waals surface area contributed by atoms with Crippen LogP contribution in [-0.4, -0.2) is 11.7 Å². The third-order valence-electron chi connectivity index (χ3n) is 2.58. The zero-order valence-corrected chi connectivity index (χ0v) is 12.2. The van der Waals surface area contributed by atoms with Crippen molar-refractivity contribution < 1.29 is 4.79 Å². The number of benzene rings is 1. The third-order valence-corrected chi connectivity index (χ3v) is 3.11. The molecule has 4 heteroatoms. The molecule has 0 aliphatic carbocycles. The predicted molar refractivity (Wildman–Crippen MR) is 77.2 cm³/mol. The summed E-state index contributed by atoms with van der Waals surface area (Å²) in [6, 6.07) is 7.76. The van der Waals surface area contributed by atoms with Crippen molar-refractivity contribution in [1.82, 2.24) is 5.32 Å². The maximum atomic E-state index is 11.8. The first kappa shape index (κ1) is 13.0. The number of rotatable bonds is 1. The molecule has 1 aliphatic rings. The first-order valence-electron chi connectivity index (χ1n) is 5.74. The number of carbonyl (C=O) groups excluding carboxylic acids is 1. The molecule has 0 spiro atoms. The Morgan fingerprint density at radius 2 is 1.83 bits per heavy atom. The summed E-state index contributed by atoms with van der Waals surface area (Å²) in [5.74, 6) is 0.582. The zero-order chi connectivity index (χ0) is 13.3. The van der Waals surface area contributed by atoms with Crippen LogP contribution in [0.25, 0.3) is 6.08 Å². The number of halogens is 1. The summed E-state index contributed by atoms with van der Waals surface area (Å²) < 4.78 is 1.01. The Morgan fingerprint density at radius 3 is 2.33 bits per heavy atom. The fraction of sp³-hybridized carbons (Fsp3) is 0.286. The first-order chi connectivity index (χ1) is 8.36. The van der Waals surface area contributed by atoms with Crippen LogP contribution in [0.4, 0.5) is 0 Å². The molecule has 0 unspecified atom stereocenters. The Morgan fingerprint density at radius 1 is 1.22 bits per heavy atom. The summed E-state index contributed by atoms with van der Waals surface area (Å²) in [5, 5.41) is 2.81. The fourth-order valence-electron chi connectivity index (χ4n) is 1.54. The highest BCUT2D eigenvalue weighted by atomic mass is 79.9. The molecule has 0 bridgehead atoms. The van der Waals surface area contributed by atoms with E-state index < -0.39 is 0 Å². The molecule has 0 atom stereocenters. The molecule has 2 rings (SSSR count). The molecule has 1 N–H and O–H groups in total. The van der Waals surface area contributed by atoms with Crippen LogP contribution in [0.2, 0.25) is 0 Å². The van der Waals surface area contributed by atoms with E-state index in [0.29, 0.717) is 5.70 Å². The van der Waals surface area contributed by atoms with E-state index in [0.717, 1.165) is 15.9 Å². The second-order valence-corrected chi connectivity index (χ2v) is 6.16. The van der Waals surface area contributed by atoms with Crippen LogP contribution < -0.4 is 5.32 Å². The smallest absolute Gasteiger partial charge is 0.275 e. The van der Waals surface area contributed by atoms with Crippen molar-refractivity contribution in [2.75, 3.05) is 0 Å². The van der Waals surface area contributed by atoms with Gasteiger partial charge >= 0.3 is 0 Å². The minimum atomic E-state index is -0.148. The molecule has 18 heavy (non-hydrogen) atoms. The number of hydrogen-bond acceptors (Lipinski definition) is 2. The molecule has 1 heterocycles. The van der Waals surface area contributed by atoms with E-state index in [4.69, 9.17) is 0 Å². The Balaban J connectivity index is 2.31. The molecule has 94 valence electrons. The first-order valence-corrected chi connectivity index (χ1v) is 6.53. The fourth-order valence-corrected chi connectivity index (χ4v) is 1.80. The minimum Gasteiger partial charge on any atom is -0.308 e. The number of hydrogen-bond donors (Lipinski definition) is 1. The topological polar surface area (TPSA) is 41.5 Å². The Bertz CT molecular complexity index is 536. The largest absolute Gasteiger partial charge is 0.308 e. The molecule has 0 saturated heterocycles. The highest BCUT2D eigenvalue weighted by Gasteiger charge is 2.28. The van der Waals surface area contributed by atoms with Gasteiger partial charge in [0, 0.05) is 9.89 Å². The van der Waals surface area contributed by atoms with Crippen molar-refractivity contribution in [1.29, 1.82) is 0 Å². The molecule has 1 aliphatic heterocycles. The van der Waals surface area contributed by atoms with E-state index in [1.807, 2.05) is 45.0 Å². The van der Waals surface area contributed by atoms with E-state index in [2.05, 4.69) is 26.2 Å². The molecule has 0 aromatic heterocycles. The van der Waals surface area contributed by atoms with Gasteiger partial charge in [0.2, 0.25) is 0 Å². The predicted octanol–water partition coefficient (Wildman–Crippen LogP) is 3.36. The van der Waals surface area contributed by atoms with Crippen LogP contribution in [0.3, 0.4) is 0 Å². The molecule has 1 aromatic carbocycles. The SMILES string of the molecule is CC(C)(C)C1=N/C(=C/c2ccc(Br)cc2)C(=O)N1. The van der Waals surface area contributed by atoms with Gasteiger partial charge in [-0.3, -0.25) is 4.79 Å². The van der Waals surface area contributed by atoms with Crippen LogP contribution in [0.5, 0.6) is 0 Å².